The van der Waals surface area contributed by atoms with Crippen molar-refractivity contribution in [2.45, 2.75) is 0 Å². The number of nitrogens with two attached hydrogens (primary N) is 1. The van der Waals surface area contributed by atoms with Crippen molar-refractivity contribution < 1.29 is 0 Å². The molecule has 0 atom stereocenters. The first kappa shape index (κ1) is 12.5. The van der Waals surface area contributed by atoms with E-state index in [1.54, 1.807) is 34.3 Å². The predicted molar refractivity (Wildman–Crippen MR) is 81.3 cm³/mol. The largest absolute Gasteiger partial charge is 0.396 e. The van der Waals surface area contributed by atoms with Crippen molar-refractivity contribution in [1.29, 1.82) is 0 Å². The lowest BCUT2D eigenvalue weighted by Crippen LogP contribution is -1.95. The quantitative estimate of drug-likeness (QED) is 0.758. The van der Waals surface area contributed by atoms with E-state index >= 15 is 0 Å². The van der Waals surface area contributed by atoms with Crippen molar-refractivity contribution in [1.82, 2.24) is 9.78 Å². The lowest BCUT2D eigenvalue weighted by molar-refractivity contribution is 0.885. The van der Waals surface area contributed by atoms with Crippen LogP contribution in [0.1, 0.15) is 0 Å². The molecule has 3 nitrogen and oxygen atoms in total. The number of halogens is 2. The van der Waals surface area contributed by atoms with Gasteiger partial charge in [0.15, 0.2) is 0 Å². The topological polar surface area (TPSA) is 43.8 Å². The fraction of sp³-hybridized carbons (Fsp3) is 0. The van der Waals surface area contributed by atoms with E-state index in [4.69, 9.17) is 28.9 Å². The predicted octanol–water partition coefficient (Wildman–Crippen LogP) is 4.49. The highest BCUT2D eigenvalue weighted by molar-refractivity contribution is 7.08. The van der Waals surface area contributed by atoms with Gasteiger partial charge in [-0.05, 0) is 29.6 Å². The van der Waals surface area contributed by atoms with Crippen LogP contribution in [-0.2, 0) is 0 Å². The van der Waals surface area contributed by atoms with Gasteiger partial charge in [-0.25, -0.2) is 4.68 Å². The molecule has 0 aliphatic heterocycles. The highest BCUT2D eigenvalue weighted by atomic mass is 35.5. The van der Waals surface area contributed by atoms with Crippen LogP contribution < -0.4 is 5.73 Å². The van der Waals surface area contributed by atoms with E-state index in [9.17, 15) is 0 Å². The van der Waals surface area contributed by atoms with E-state index in [0.717, 1.165) is 16.9 Å². The zero-order valence-corrected chi connectivity index (χ0v) is 12.0. The van der Waals surface area contributed by atoms with Gasteiger partial charge in [-0.3, -0.25) is 0 Å². The molecule has 0 amide bonds. The minimum atomic E-state index is 0.534. The summed E-state index contributed by atoms with van der Waals surface area (Å²) in [6.45, 7) is 0. The van der Waals surface area contributed by atoms with Crippen LogP contribution in [0.2, 0.25) is 10.0 Å². The Kier molecular flexibility index (Phi) is 3.22. The number of hydrogen-bond donors (Lipinski definition) is 1. The summed E-state index contributed by atoms with van der Waals surface area (Å²) in [5.74, 6) is 0. The van der Waals surface area contributed by atoms with Crippen LogP contribution in [0, 0.1) is 0 Å². The molecular formula is C13H9Cl2N3S. The minimum Gasteiger partial charge on any atom is -0.396 e. The molecule has 1 aromatic carbocycles. The lowest BCUT2D eigenvalue weighted by Gasteiger charge is -2.04. The van der Waals surface area contributed by atoms with Crippen LogP contribution in [0.3, 0.4) is 0 Å². The SMILES string of the molecule is Nc1cn(-c2ccc(Cl)cc2Cl)nc1-c1ccsc1. The first-order valence-corrected chi connectivity index (χ1v) is 7.18. The molecule has 0 saturated heterocycles. The number of aromatic nitrogens is 2. The molecule has 0 saturated carbocycles. The number of benzene rings is 1. The van der Waals surface area contributed by atoms with Crippen molar-refractivity contribution in [3.05, 3.63) is 51.3 Å². The maximum absolute atomic E-state index is 6.17. The Labute approximate surface area is 124 Å². The van der Waals surface area contributed by atoms with Gasteiger partial charge in [0.25, 0.3) is 0 Å². The molecule has 2 aromatic heterocycles. The zero-order chi connectivity index (χ0) is 13.4. The highest BCUT2D eigenvalue weighted by Crippen LogP contribution is 2.30. The molecule has 0 aliphatic carbocycles. The molecule has 0 fully saturated rings. The van der Waals surface area contributed by atoms with Crippen molar-refractivity contribution in [2.75, 3.05) is 5.73 Å². The summed E-state index contributed by atoms with van der Waals surface area (Å²) in [6.07, 6.45) is 1.75. The molecule has 0 aliphatic rings. The first-order valence-electron chi connectivity index (χ1n) is 5.48. The molecule has 0 unspecified atom stereocenters. The van der Waals surface area contributed by atoms with Crippen LogP contribution in [0.25, 0.3) is 16.9 Å². The van der Waals surface area contributed by atoms with E-state index in [1.165, 1.54) is 0 Å². The fourth-order valence-electron chi connectivity index (χ4n) is 1.80. The molecular weight excluding hydrogens is 301 g/mol. The average Bonchev–Trinajstić information content (AvgIpc) is 2.98. The van der Waals surface area contributed by atoms with Gasteiger partial charge in [0.2, 0.25) is 0 Å². The van der Waals surface area contributed by atoms with Gasteiger partial charge in [0.05, 0.1) is 22.6 Å². The number of thiophene rings is 1. The second-order valence-electron chi connectivity index (χ2n) is 3.99. The van der Waals surface area contributed by atoms with Crippen molar-refractivity contribution in [3.8, 4) is 16.9 Å². The van der Waals surface area contributed by atoms with Crippen LogP contribution in [0.4, 0.5) is 5.69 Å². The standard InChI is InChI=1S/C13H9Cl2N3S/c14-9-1-2-12(10(15)5-9)18-6-11(16)13(17-18)8-3-4-19-7-8/h1-7H,16H2. The molecule has 19 heavy (non-hydrogen) atoms. The third kappa shape index (κ3) is 2.34. The second-order valence-corrected chi connectivity index (χ2v) is 5.61. The van der Waals surface area contributed by atoms with E-state index in [1.807, 2.05) is 22.9 Å². The average molecular weight is 310 g/mol. The van der Waals surface area contributed by atoms with Gasteiger partial charge < -0.3 is 5.73 Å². The van der Waals surface area contributed by atoms with E-state index in [2.05, 4.69) is 5.10 Å². The van der Waals surface area contributed by atoms with Gasteiger partial charge in [0, 0.05) is 16.0 Å². The minimum absolute atomic E-state index is 0.534. The third-order valence-electron chi connectivity index (χ3n) is 2.69. The summed E-state index contributed by atoms with van der Waals surface area (Å²) in [5, 5.41) is 9.60. The van der Waals surface area contributed by atoms with Crippen molar-refractivity contribution in [2.24, 2.45) is 0 Å². The number of rotatable bonds is 2. The van der Waals surface area contributed by atoms with E-state index < -0.39 is 0 Å². The zero-order valence-electron chi connectivity index (χ0n) is 9.68. The van der Waals surface area contributed by atoms with Gasteiger partial charge in [-0.2, -0.15) is 16.4 Å². The summed E-state index contributed by atoms with van der Waals surface area (Å²) >= 11 is 13.7. The van der Waals surface area contributed by atoms with Gasteiger partial charge >= 0.3 is 0 Å². The van der Waals surface area contributed by atoms with Gasteiger partial charge in [-0.15, -0.1) is 0 Å². The van der Waals surface area contributed by atoms with E-state index in [-0.39, 0.29) is 0 Å². The Bertz CT molecular complexity index is 720. The van der Waals surface area contributed by atoms with Crippen LogP contribution >= 0.6 is 34.5 Å². The van der Waals surface area contributed by atoms with Gasteiger partial charge in [-0.1, -0.05) is 23.2 Å². The Morgan fingerprint density at radius 2 is 2.05 bits per heavy atom. The number of hydrogen-bond acceptors (Lipinski definition) is 3. The molecule has 0 spiro atoms. The van der Waals surface area contributed by atoms with Crippen LogP contribution in [0.5, 0.6) is 0 Å². The lowest BCUT2D eigenvalue weighted by atomic mass is 10.2. The maximum atomic E-state index is 6.17. The number of nitrogen functional groups attached to an aromatic ring is 1. The van der Waals surface area contributed by atoms with Gasteiger partial charge in [0.1, 0.15) is 5.69 Å². The summed E-state index contributed by atoms with van der Waals surface area (Å²) in [7, 11) is 0. The Balaban J connectivity index is 2.10. The van der Waals surface area contributed by atoms with Crippen LogP contribution in [0.15, 0.2) is 41.2 Å². The molecule has 2 N–H and O–H groups in total. The summed E-state index contributed by atoms with van der Waals surface area (Å²) in [4.78, 5) is 0. The number of nitrogens with zero attached hydrogens (tertiary/aromatic N) is 2. The van der Waals surface area contributed by atoms with Crippen molar-refractivity contribution >= 4 is 40.2 Å². The molecule has 0 bridgehead atoms. The summed E-state index contributed by atoms with van der Waals surface area (Å²) in [5.41, 5.74) is 9.13. The van der Waals surface area contributed by atoms with E-state index in [0.29, 0.717) is 15.7 Å². The summed E-state index contributed by atoms with van der Waals surface area (Å²) in [6, 6.07) is 7.25. The number of anilines is 1. The molecule has 3 rings (SSSR count). The smallest absolute Gasteiger partial charge is 0.116 e. The third-order valence-corrected chi connectivity index (χ3v) is 3.91. The summed E-state index contributed by atoms with van der Waals surface area (Å²) < 4.78 is 1.67. The highest BCUT2D eigenvalue weighted by Gasteiger charge is 2.12. The normalized spacial score (nSPS) is 10.8. The van der Waals surface area contributed by atoms with Crippen molar-refractivity contribution in [3.63, 3.8) is 0 Å². The molecule has 96 valence electrons. The second kappa shape index (κ2) is 4.89. The maximum Gasteiger partial charge on any atom is 0.116 e. The molecule has 2 heterocycles. The monoisotopic (exact) mass is 309 g/mol. The molecule has 6 heteroatoms. The fourth-order valence-corrected chi connectivity index (χ4v) is 2.94. The Hall–Kier alpha value is -1.49. The van der Waals surface area contributed by atoms with Crippen LogP contribution in [-0.4, -0.2) is 9.78 Å². The Morgan fingerprint density at radius 1 is 1.21 bits per heavy atom. The Morgan fingerprint density at radius 3 is 2.74 bits per heavy atom. The molecule has 0 radical (unpaired) electrons. The molecule has 3 aromatic rings. The first-order chi connectivity index (χ1) is 9.15.